The average Bonchev–Trinajstić information content (AvgIpc) is 2.97. The molecule has 1 amide bonds. The van der Waals surface area contributed by atoms with E-state index >= 15 is 0 Å². The van der Waals surface area contributed by atoms with Crippen molar-refractivity contribution in [2.24, 2.45) is 0 Å². The first-order valence-corrected chi connectivity index (χ1v) is 6.65. The van der Waals surface area contributed by atoms with Crippen LogP contribution < -0.4 is 15.4 Å². The number of furan rings is 1. The number of rotatable bonds is 7. The van der Waals surface area contributed by atoms with Gasteiger partial charge in [0.05, 0.1) is 25.5 Å². The molecule has 0 aliphatic carbocycles. The number of carbonyl (C=O) groups excluding carboxylic acids is 1. The van der Waals surface area contributed by atoms with Crippen LogP contribution in [0.5, 0.6) is 5.88 Å². The van der Waals surface area contributed by atoms with E-state index in [1.807, 2.05) is 13.8 Å². The van der Waals surface area contributed by atoms with Crippen LogP contribution in [-0.2, 0) is 11.3 Å². The maximum absolute atomic E-state index is 11.7. The van der Waals surface area contributed by atoms with Crippen LogP contribution in [-0.4, -0.2) is 28.5 Å². The van der Waals surface area contributed by atoms with Crippen LogP contribution in [0.15, 0.2) is 35.2 Å². The highest BCUT2D eigenvalue weighted by Gasteiger charge is 2.10. The summed E-state index contributed by atoms with van der Waals surface area (Å²) in [5, 5.41) is 5.64. The first-order valence-electron chi connectivity index (χ1n) is 6.65. The molecule has 112 valence electrons. The Hall–Kier alpha value is -2.57. The molecule has 0 unspecified atom stereocenters. The first-order chi connectivity index (χ1) is 10.1. The molecular weight excluding hydrogens is 272 g/mol. The fraction of sp³-hybridized carbons (Fsp3) is 0.357. The number of nitrogens with one attached hydrogen (secondary N) is 2. The summed E-state index contributed by atoms with van der Waals surface area (Å²) in [6.07, 6.45) is 4.63. The van der Waals surface area contributed by atoms with Gasteiger partial charge in [0.25, 0.3) is 5.88 Å². The Balaban J connectivity index is 1.83. The highest BCUT2D eigenvalue weighted by Crippen LogP contribution is 2.18. The minimum absolute atomic E-state index is 0.0185. The lowest BCUT2D eigenvalue weighted by Crippen LogP contribution is -2.29. The zero-order chi connectivity index (χ0) is 15.1. The van der Waals surface area contributed by atoms with Gasteiger partial charge in [-0.15, -0.1) is 0 Å². The Morgan fingerprint density at radius 3 is 2.90 bits per heavy atom. The van der Waals surface area contributed by atoms with Crippen molar-refractivity contribution in [1.82, 2.24) is 15.3 Å². The van der Waals surface area contributed by atoms with Crippen LogP contribution in [0.4, 0.5) is 5.82 Å². The lowest BCUT2D eigenvalue weighted by molar-refractivity contribution is -0.119. The van der Waals surface area contributed by atoms with Gasteiger partial charge in [-0.1, -0.05) is 0 Å². The standard InChI is InChI=1S/C14H18N4O3/c1-10(2)21-14-13(15-5-6-16-14)18-9-12(19)17-8-11-4-3-7-20-11/h3-7,10H,8-9H2,1-2H3,(H,15,18)(H,17,19). The Morgan fingerprint density at radius 1 is 1.38 bits per heavy atom. The molecule has 2 heterocycles. The Kier molecular flexibility index (Phi) is 5.14. The highest BCUT2D eigenvalue weighted by molar-refractivity contribution is 5.80. The maximum Gasteiger partial charge on any atom is 0.257 e. The predicted molar refractivity (Wildman–Crippen MR) is 76.8 cm³/mol. The number of anilines is 1. The molecular formula is C14H18N4O3. The molecule has 0 aromatic carbocycles. The molecule has 0 atom stereocenters. The fourth-order valence-electron chi connectivity index (χ4n) is 1.58. The van der Waals surface area contributed by atoms with Gasteiger partial charge >= 0.3 is 0 Å². The van der Waals surface area contributed by atoms with Gasteiger partial charge in [0.1, 0.15) is 5.76 Å². The van der Waals surface area contributed by atoms with Gasteiger partial charge < -0.3 is 19.8 Å². The van der Waals surface area contributed by atoms with Gasteiger partial charge in [0.15, 0.2) is 5.82 Å². The zero-order valence-corrected chi connectivity index (χ0v) is 12.0. The number of ether oxygens (including phenoxy) is 1. The lowest BCUT2D eigenvalue weighted by Gasteiger charge is -2.12. The van der Waals surface area contributed by atoms with Crippen molar-refractivity contribution in [3.63, 3.8) is 0 Å². The van der Waals surface area contributed by atoms with Crippen molar-refractivity contribution in [1.29, 1.82) is 0 Å². The van der Waals surface area contributed by atoms with Gasteiger partial charge in [-0.2, -0.15) is 0 Å². The topological polar surface area (TPSA) is 89.3 Å². The van der Waals surface area contributed by atoms with E-state index in [2.05, 4.69) is 20.6 Å². The number of aromatic nitrogens is 2. The Bertz CT molecular complexity index is 569. The molecule has 7 heteroatoms. The Labute approximate surface area is 122 Å². The minimum atomic E-state index is -0.174. The van der Waals surface area contributed by atoms with Gasteiger partial charge in [-0.3, -0.25) is 4.79 Å². The van der Waals surface area contributed by atoms with Crippen molar-refractivity contribution >= 4 is 11.7 Å². The third-order valence-electron chi connectivity index (χ3n) is 2.47. The summed E-state index contributed by atoms with van der Waals surface area (Å²) in [4.78, 5) is 19.9. The average molecular weight is 290 g/mol. The van der Waals surface area contributed by atoms with Crippen molar-refractivity contribution in [2.75, 3.05) is 11.9 Å². The SMILES string of the molecule is CC(C)Oc1nccnc1NCC(=O)NCc1ccco1. The van der Waals surface area contributed by atoms with Gasteiger partial charge in [0.2, 0.25) is 5.91 Å². The van der Waals surface area contributed by atoms with Gasteiger partial charge in [0, 0.05) is 12.4 Å². The van der Waals surface area contributed by atoms with Crippen LogP contribution in [0.3, 0.4) is 0 Å². The largest absolute Gasteiger partial charge is 0.472 e. The molecule has 0 saturated heterocycles. The van der Waals surface area contributed by atoms with Crippen LogP contribution in [0.2, 0.25) is 0 Å². The molecule has 2 aromatic rings. The lowest BCUT2D eigenvalue weighted by atomic mass is 10.4. The number of hydrogen-bond acceptors (Lipinski definition) is 6. The predicted octanol–water partition coefficient (Wildman–Crippen LogP) is 1.59. The van der Waals surface area contributed by atoms with E-state index in [0.717, 1.165) is 0 Å². The molecule has 2 aromatic heterocycles. The summed E-state index contributed by atoms with van der Waals surface area (Å²) in [7, 11) is 0. The summed E-state index contributed by atoms with van der Waals surface area (Å²) < 4.78 is 10.6. The summed E-state index contributed by atoms with van der Waals surface area (Å²) in [5.74, 6) is 1.35. The molecule has 2 rings (SSSR count). The molecule has 0 radical (unpaired) electrons. The number of hydrogen-bond donors (Lipinski definition) is 2. The smallest absolute Gasteiger partial charge is 0.257 e. The van der Waals surface area contributed by atoms with Gasteiger partial charge in [-0.25, -0.2) is 9.97 Å². The highest BCUT2D eigenvalue weighted by atomic mass is 16.5. The van der Waals surface area contributed by atoms with Gasteiger partial charge in [-0.05, 0) is 26.0 Å². The Morgan fingerprint density at radius 2 is 2.19 bits per heavy atom. The summed E-state index contributed by atoms with van der Waals surface area (Å²) in [6, 6.07) is 3.57. The second kappa shape index (κ2) is 7.28. The molecule has 0 fully saturated rings. The quantitative estimate of drug-likeness (QED) is 0.805. The second-order valence-corrected chi connectivity index (χ2v) is 4.59. The second-order valence-electron chi connectivity index (χ2n) is 4.59. The molecule has 7 nitrogen and oxygen atoms in total. The normalized spacial score (nSPS) is 10.4. The van der Waals surface area contributed by atoms with Crippen LogP contribution in [0.25, 0.3) is 0 Å². The van der Waals surface area contributed by atoms with E-state index in [4.69, 9.17) is 9.15 Å². The van der Waals surface area contributed by atoms with Crippen molar-refractivity contribution in [2.45, 2.75) is 26.5 Å². The molecule has 0 saturated carbocycles. The summed E-state index contributed by atoms with van der Waals surface area (Å²) in [6.45, 7) is 4.22. The molecule has 2 N–H and O–H groups in total. The van der Waals surface area contributed by atoms with Crippen molar-refractivity contribution in [3.05, 3.63) is 36.5 Å². The van der Waals surface area contributed by atoms with E-state index in [1.165, 1.54) is 6.20 Å². The molecule has 0 aliphatic rings. The molecule has 0 spiro atoms. The van der Waals surface area contributed by atoms with Crippen molar-refractivity contribution in [3.8, 4) is 5.88 Å². The minimum Gasteiger partial charge on any atom is -0.472 e. The molecule has 0 aliphatic heterocycles. The number of amides is 1. The third kappa shape index (κ3) is 4.79. The summed E-state index contributed by atoms with van der Waals surface area (Å²) in [5.41, 5.74) is 0. The number of nitrogens with zero attached hydrogens (tertiary/aromatic N) is 2. The van der Waals surface area contributed by atoms with E-state index in [-0.39, 0.29) is 18.6 Å². The maximum atomic E-state index is 11.7. The molecule has 0 bridgehead atoms. The van der Waals surface area contributed by atoms with E-state index in [9.17, 15) is 4.79 Å². The van der Waals surface area contributed by atoms with E-state index in [1.54, 1.807) is 24.6 Å². The zero-order valence-electron chi connectivity index (χ0n) is 12.0. The summed E-state index contributed by atoms with van der Waals surface area (Å²) >= 11 is 0. The molecule has 21 heavy (non-hydrogen) atoms. The van der Waals surface area contributed by atoms with Crippen molar-refractivity contribution < 1.29 is 13.9 Å². The first kappa shape index (κ1) is 14.8. The monoisotopic (exact) mass is 290 g/mol. The van der Waals surface area contributed by atoms with E-state index in [0.29, 0.717) is 24.0 Å². The van der Waals surface area contributed by atoms with Crippen LogP contribution >= 0.6 is 0 Å². The fourth-order valence-corrected chi connectivity index (χ4v) is 1.58. The van der Waals surface area contributed by atoms with E-state index < -0.39 is 0 Å². The van der Waals surface area contributed by atoms with Crippen LogP contribution in [0.1, 0.15) is 19.6 Å². The van der Waals surface area contributed by atoms with Crippen LogP contribution in [0, 0.1) is 0 Å². The third-order valence-corrected chi connectivity index (χ3v) is 2.47. The number of carbonyl (C=O) groups is 1.